The van der Waals surface area contributed by atoms with Gasteiger partial charge in [0, 0.05) is 6.20 Å². The Labute approximate surface area is 107 Å². The fourth-order valence-electron chi connectivity index (χ4n) is 2.21. The van der Waals surface area contributed by atoms with Crippen LogP contribution in [0.25, 0.3) is 0 Å². The maximum atomic E-state index is 12.0. The fourth-order valence-corrected chi connectivity index (χ4v) is 2.21. The quantitative estimate of drug-likeness (QED) is 0.830. The molecule has 1 fully saturated rings. The van der Waals surface area contributed by atoms with Gasteiger partial charge in [0.2, 0.25) is 5.91 Å². The van der Waals surface area contributed by atoms with E-state index in [1.807, 2.05) is 13.0 Å². The van der Waals surface area contributed by atoms with Crippen LogP contribution < -0.4 is 10.6 Å². The average Bonchev–Trinajstić information content (AvgIpc) is 2.36. The minimum Gasteiger partial charge on any atom is -0.349 e. The van der Waals surface area contributed by atoms with Gasteiger partial charge in [-0.3, -0.25) is 4.79 Å². The standard InChI is InChI=1S/C13H20N4O/c1-9-3-5-15-12(7-9)13(18)16-8-11-4-6-14-10(2)17-11/h4,6,9,12,15H,3,5,7-8H2,1-2H3,(H,16,18). The van der Waals surface area contributed by atoms with Gasteiger partial charge in [0.25, 0.3) is 0 Å². The van der Waals surface area contributed by atoms with Gasteiger partial charge in [0.15, 0.2) is 0 Å². The number of amides is 1. The van der Waals surface area contributed by atoms with E-state index in [4.69, 9.17) is 0 Å². The van der Waals surface area contributed by atoms with Crippen LogP contribution >= 0.6 is 0 Å². The van der Waals surface area contributed by atoms with E-state index in [0.717, 1.165) is 30.9 Å². The van der Waals surface area contributed by atoms with E-state index in [-0.39, 0.29) is 11.9 Å². The number of carbonyl (C=O) groups is 1. The molecule has 2 unspecified atom stereocenters. The number of hydrogen-bond donors (Lipinski definition) is 2. The maximum Gasteiger partial charge on any atom is 0.237 e. The monoisotopic (exact) mass is 248 g/mol. The first-order chi connectivity index (χ1) is 8.65. The summed E-state index contributed by atoms with van der Waals surface area (Å²) >= 11 is 0. The van der Waals surface area contributed by atoms with Gasteiger partial charge in [0.05, 0.1) is 18.3 Å². The van der Waals surface area contributed by atoms with Gasteiger partial charge in [-0.1, -0.05) is 6.92 Å². The summed E-state index contributed by atoms with van der Waals surface area (Å²) < 4.78 is 0. The van der Waals surface area contributed by atoms with Crippen LogP contribution in [-0.4, -0.2) is 28.5 Å². The molecule has 1 aliphatic rings. The highest BCUT2D eigenvalue weighted by atomic mass is 16.2. The molecule has 1 aromatic heterocycles. The molecule has 0 spiro atoms. The Bertz CT molecular complexity index is 421. The van der Waals surface area contributed by atoms with Crippen molar-refractivity contribution in [2.45, 2.75) is 39.3 Å². The Morgan fingerprint density at radius 1 is 1.61 bits per heavy atom. The zero-order valence-corrected chi connectivity index (χ0v) is 10.9. The minimum atomic E-state index is -0.0586. The second kappa shape index (κ2) is 5.91. The van der Waals surface area contributed by atoms with Crippen LogP contribution in [0.2, 0.25) is 0 Å². The molecular weight excluding hydrogens is 228 g/mol. The van der Waals surface area contributed by atoms with Gasteiger partial charge < -0.3 is 10.6 Å². The minimum absolute atomic E-state index is 0.0586. The van der Waals surface area contributed by atoms with Crippen LogP contribution in [-0.2, 0) is 11.3 Å². The summed E-state index contributed by atoms with van der Waals surface area (Å²) in [5.74, 6) is 1.41. The molecule has 2 N–H and O–H groups in total. The van der Waals surface area contributed by atoms with Gasteiger partial charge in [-0.2, -0.15) is 0 Å². The predicted molar refractivity (Wildman–Crippen MR) is 68.8 cm³/mol. The van der Waals surface area contributed by atoms with Crippen molar-refractivity contribution in [3.05, 3.63) is 23.8 Å². The van der Waals surface area contributed by atoms with Crippen molar-refractivity contribution >= 4 is 5.91 Å². The number of aryl methyl sites for hydroxylation is 1. The first-order valence-electron chi connectivity index (χ1n) is 6.45. The fraction of sp³-hybridized carbons (Fsp3) is 0.615. The van der Waals surface area contributed by atoms with Crippen LogP contribution in [0.3, 0.4) is 0 Å². The summed E-state index contributed by atoms with van der Waals surface area (Å²) in [5.41, 5.74) is 0.847. The molecule has 0 radical (unpaired) electrons. The molecule has 5 heteroatoms. The smallest absolute Gasteiger partial charge is 0.237 e. The summed E-state index contributed by atoms with van der Waals surface area (Å²) in [6.07, 6.45) is 3.77. The molecule has 2 rings (SSSR count). The first-order valence-corrected chi connectivity index (χ1v) is 6.45. The second-order valence-corrected chi connectivity index (χ2v) is 4.95. The van der Waals surface area contributed by atoms with Gasteiger partial charge in [-0.05, 0) is 38.3 Å². The molecule has 5 nitrogen and oxygen atoms in total. The first kappa shape index (κ1) is 13.0. The van der Waals surface area contributed by atoms with E-state index >= 15 is 0 Å². The number of nitrogens with zero attached hydrogens (tertiary/aromatic N) is 2. The van der Waals surface area contributed by atoms with Crippen molar-refractivity contribution in [3.8, 4) is 0 Å². The van der Waals surface area contributed by atoms with Gasteiger partial charge in [-0.15, -0.1) is 0 Å². The highest BCUT2D eigenvalue weighted by Crippen LogP contribution is 2.14. The Kier molecular flexibility index (Phi) is 4.25. The van der Waals surface area contributed by atoms with Gasteiger partial charge >= 0.3 is 0 Å². The molecule has 2 heterocycles. The molecular formula is C13H20N4O. The zero-order chi connectivity index (χ0) is 13.0. The number of aromatic nitrogens is 2. The summed E-state index contributed by atoms with van der Waals surface area (Å²) in [5, 5.41) is 6.18. The molecule has 0 bridgehead atoms. The summed E-state index contributed by atoms with van der Waals surface area (Å²) in [6, 6.07) is 1.76. The summed E-state index contributed by atoms with van der Waals surface area (Å²) in [4.78, 5) is 20.3. The van der Waals surface area contributed by atoms with Crippen LogP contribution in [0.15, 0.2) is 12.3 Å². The number of carbonyl (C=O) groups excluding carboxylic acids is 1. The maximum absolute atomic E-state index is 12.0. The van der Waals surface area contributed by atoms with E-state index in [2.05, 4.69) is 27.5 Å². The third kappa shape index (κ3) is 3.50. The van der Waals surface area contributed by atoms with Crippen molar-refractivity contribution in [1.82, 2.24) is 20.6 Å². The molecule has 1 aliphatic heterocycles. The van der Waals surface area contributed by atoms with E-state index in [1.165, 1.54) is 0 Å². The lowest BCUT2D eigenvalue weighted by molar-refractivity contribution is -0.124. The van der Waals surface area contributed by atoms with Crippen molar-refractivity contribution in [2.75, 3.05) is 6.54 Å². The Morgan fingerprint density at radius 2 is 2.44 bits per heavy atom. The third-order valence-corrected chi connectivity index (χ3v) is 3.26. The van der Waals surface area contributed by atoms with Crippen molar-refractivity contribution in [3.63, 3.8) is 0 Å². The molecule has 1 aromatic rings. The van der Waals surface area contributed by atoms with Gasteiger partial charge in [0.1, 0.15) is 5.82 Å². The molecule has 2 atom stereocenters. The average molecular weight is 248 g/mol. The lowest BCUT2D eigenvalue weighted by Gasteiger charge is -2.27. The van der Waals surface area contributed by atoms with Crippen LogP contribution in [0.4, 0.5) is 0 Å². The van der Waals surface area contributed by atoms with Gasteiger partial charge in [-0.25, -0.2) is 9.97 Å². The van der Waals surface area contributed by atoms with E-state index in [0.29, 0.717) is 12.5 Å². The van der Waals surface area contributed by atoms with E-state index in [1.54, 1.807) is 6.20 Å². The molecule has 1 amide bonds. The van der Waals surface area contributed by atoms with Crippen LogP contribution in [0.5, 0.6) is 0 Å². The molecule has 0 aliphatic carbocycles. The highest BCUT2D eigenvalue weighted by Gasteiger charge is 2.24. The van der Waals surface area contributed by atoms with E-state index in [9.17, 15) is 4.79 Å². The Hall–Kier alpha value is -1.49. The highest BCUT2D eigenvalue weighted by molar-refractivity contribution is 5.81. The number of piperidine rings is 1. The van der Waals surface area contributed by atoms with Crippen LogP contribution in [0.1, 0.15) is 31.3 Å². The largest absolute Gasteiger partial charge is 0.349 e. The lowest BCUT2D eigenvalue weighted by Crippen LogP contribution is -2.48. The normalized spacial score (nSPS) is 23.7. The Morgan fingerprint density at radius 3 is 3.17 bits per heavy atom. The zero-order valence-electron chi connectivity index (χ0n) is 10.9. The predicted octanol–water partition coefficient (Wildman–Crippen LogP) is 0.789. The topological polar surface area (TPSA) is 66.9 Å². The van der Waals surface area contributed by atoms with Crippen molar-refractivity contribution in [2.24, 2.45) is 5.92 Å². The number of rotatable bonds is 3. The lowest BCUT2D eigenvalue weighted by atomic mass is 9.94. The summed E-state index contributed by atoms with van der Waals surface area (Å²) in [6.45, 7) is 5.42. The molecule has 0 aromatic carbocycles. The summed E-state index contributed by atoms with van der Waals surface area (Å²) in [7, 11) is 0. The van der Waals surface area contributed by atoms with Crippen LogP contribution in [0, 0.1) is 12.8 Å². The molecule has 0 saturated carbocycles. The van der Waals surface area contributed by atoms with Crippen molar-refractivity contribution in [1.29, 1.82) is 0 Å². The molecule has 18 heavy (non-hydrogen) atoms. The van der Waals surface area contributed by atoms with E-state index < -0.39 is 0 Å². The third-order valence-electron chi connectivity index (χ3n) is 3.26. The molecule has 1 saturated heterocycles. The Balaban J connectivity index is 1.84. The molecule has 98 valence electrons. The number of nitrogens with one attached hydrogen (secondary N) is 2. The second-order valence-electron chi connectivity index (χ2n) is 4.95. The van der Waals surface area contributed by atoms with Crippen molar-refractivity contribution < 1.29 is 4.79 Å². The SMILES string of the molecule is Cc1nccc(CNC(=O)C2CC(C)CCN2)n1. The number of hydrogen-bond acceptors (Lipinski definition) is 4.